The summed E-state index contributed by atoms with van der Waals surface area (Å²) >= 11 is 0. The summed E-state index contributed by atoms with van der Waals surface area (Å²) in [5, 5.41) is 0. The number of anilines is 1. The maximum Gasteiger partial charge on any atom is 0.123 e. The number of benzene rings is 1. The SMILES string of the molecule is CCCC1(C)CCc2cc(N)ccc2O1. The third kappa shape index (κ3) is 2.09. The summed E-state index contributed by atoms with van der Waals surface area (Å²) in [6, 6.07) is 5.94. The molecule has 1 atom stereocenters. The van der Waals surface area contributed by atoms with E-state index in [1.165, 1.54) is 12.0 Å². The molecule has 1 aliphatic rings. The zero-order valence-corrected chi connectivity index (χ0v) is 9.55. The van der Waals surface area contributed by atoms with E-state index in [9.17, 15) is 0 Å². The summed E-state index contributed by atoms with van der Waals surface area (Å²) in [5.74, 6) is 1.02. The van der Waals surface area contributed by atoms with Crippen LogP contribution in [0.15, 0.2) is 18.2 Å². The number of hydrogen-bond donors (Lipinski definition) is 1. The van der Waals surface area contributed by atoms with Gasteiger partial charge in [-0.05, 0) is 49.9 Å². The molecule has 82 valence electrons. The molecule has 0 saturated heterocycles. The molecule has 2 heteroatoms. The smallest absolute Gasteiger partial charge is 0.123 e. The number of aryl methyl sites for hydroxylation is 1. The van der Waals surface area contributed by atoms with Crippen molar-refractivity contribution in [1.82, 2.24) is 0 Å². The van der Waals surface area contributed by atoms with Crippen LogP contribution in [0.3, 0.4) is 0 Å². The molecular formula is C13H19NO. The van der Waals surface area contributed by atoms with Crippen molar-refractivity contribution in [3.05, 3.63) is 23.8 Å². The van der Waals surface area contributed by atoms with Crippen molar-refractivity contribution < 1.29 is 4.74 Å². The third-order valence-corrected chi connectivity index (χ3v) is 3.14. The molecule has 1 heterocycles. The maximum atomic E-state index is 6.06. The van der Waals surface area contributed by atoms with Crippen molar-refractivity contribution in [3.8, 4) is 5.75 Å². The summed E-state index contributed by atoms with van der Waals surface area (Å²) in [5.41, 5.74) is 7.86. The molecule has 0 aliphatic carbocycles. The van der Waals surface area contributed by atoms with Crippen LogP contribution in [0.2, 0.25) is 0 Å². The Kier molecular flexibility index (Phi) is 2.59. The molecule has 0 fully saturated rings. The van der Waals surface area contributed by atoms with E-state index in [4.69, 9.17) is 10.5 Å². The van der Waals surface area contributed by atoms with Gasteiger partial charge in [0.05, 0.1) is 0 Å². The molecular weight excluding hydrogens is 186 g/mol. The van der Waals surface area contributed by atoms with Crippen LogP contribution in [0.5, 0.6) is 5.75 Å². The number of nitrogen functional groups attached to an aromatic ring is 1. The van der Waals surface area contributed by atoms with E-state index in [0.717, 1.165) is 30.7 Å². The Morgan fingerprint density at radius 1 is 1.47 bits per heavy atom. The van der Waals surface area contributed by atoms with Crippen LogP contribution in [0.1, 0.15) is 38.7 Å². The van der Waals surface area contributed by atoms with E-state index in [1.807, 2.05) is 18.2 Å². The van der Waals surface area contributed by atoms with E-state index >= 15 is 0 Å². The minimum atomic E-state index is 0.0257. The number of rotatable bonds is 2. The molecule has 0 radical (unpaired) electrons. The van der Waals surface area contributed by atoms with Gasteiger partial charge >= 0.3 is 0 Å². The largest absolute Gasteiger partial charge is 0.487 e. The van der Waals surface area contributed by atoms with Crippen molar-refractivity contribution in [1.29, 1.82) is 0 Å². The van der Waals surface area contributed by atoms with Gasteiger partial charge in [-0.1, -0.05) is 13.3 Å². The second kappa shape index (κ2) is 3.76. The number of ether oxygens (including phenoxy) is 1. The van der Waals surface area contributed by atoms with Gasteiger partial charge in [0.25, 0.3) is 0 Å². The average Bonchev–Trinajstić information content (AvgIpc) is 2.19. The van der Waals surface area contributed by atoms with Gasteiger partial charge in [-0.2, -0.15) is 0 Å². The Morgan fingerprint density at radius 3 is 3.00 bits per heavy atom. The van der Waals surface area contributed by atoms with Crippen LogP contribution in [-0.2, 0) is 6.42 Å². The highest BCUT2D eigenvalue weighted by Crippen LogP contribution is 2.36. The second-order valence-electron chi connectivity index (χ2n) is 4.67. The first-order valence-electron chi connectivity index (χ1n) is 5.70. The lowest BCUT2D eigenvalue weighted by molar-refractivity contribution is 0.0555. The Labute approximate surface area is 91.4 Å². The third-order valence-electron chi connectivity index (χ3n) is 3.14. The van der Waals surface area contributed by atoms with E-state index < -0.39 is 0 Å². The molecule has 0 spiro atoms. The topological polar surface area (TPSA) is 35.2 Å². The number of fused-ring (bicyclic) bond motifs is 1. The van der Waals surface area contributed by atoms with Gasteiger partial charge in [0, 0.05) is 5.69 Å². The Balaban J connectivity index is 2.23. The normalized spacial score (nSPS) is 24.4. The lowest BCUT2D eigenvalue weighted by Crippen LogP contribution is -2.36. The molecule has 0 aromatic heterocycles. The van der Waals surface area contributed by atoms with Crippen LogP contribution in [-0.4, -0.2) is 5.60 Å². The van der Waals surface area contributed by atoms with Gasteiger partial charge < -0.3 is 10.5 Å². The zero-order valence-electron chi connectivity index (χ0n) is 9.55. The van der Waals surface area contributed by atoms with E-state index in [-0.39, 0.29) is 5.60 Å². The molecule has 2 rings (SSSR count). The van der Waals surface area contributed by atoms with Crippen molar-refractivity contribution in [2.24, 2.45) is 0 Å². The van der Waals surface area contributed by atoms with Crippen molar-refractivity contribution in [2.75, 3.05) is 5.73 Å². The molecule has 1 aliphatic heterocycles. The van der Waals surface area contributed by atoms with Gasteiger partial charge in [0.2, 0.25) is 0 Å². The molecule has 0 saturated carbocycles. The van der Waals surface area contributed by atoms with E-state index in [0.29, 0.717) is 0 Å². The predicted octanol–water partition coefficient (Wildman–Crippen LogP) is 3.15. The molecule has 2 nitrogen and oxygen atoms in total. The van der Waals surface area contributed by atoms with Crippen molar-refractivity contribution in [3.63, 3.8) is 0 Å². The van der Waals surface area contributed by atoms with Gasteiger partial charge in [-0.15, -0.1) is 0 Å². The summed E-state index contributed by atoms with van der Waals surface area (Å²) in [4.78, 5) is 0. The lowest BCUT2D eigenvalue weighted by atomic mass is 9.89. The fraction of sp³-hybridized carbons (Fsp3) is 0.538. The highest BCUT2D eigenvalue weighted by atomic mass is 16.5. The Morgan fingerprint density at radius 2 is 2.27 bits per heavy atom. The van der Waals surface area contributed by atoms with Crippen LogP contribution < -0.4 is 10.5 Å². The molecule has 2 N–H and O–H groups in total. The molecule has 0 amide bonds. The lowest BCUT2D eigenvalue weighted by Gasteiger charge is -2.35. The molecule has 1 aromatic rings. The number of hydrogen-bond acceptors (Lipinski definition) is 2. The standard InChI is InChI=1S/C13H19NO/c1-3-7-13(2)8-6-10-9-11(14)4-5-12(10)15-13/h4-5,9H,3,6-8,14H2,1-2H3. The van der Waals surface area contributed by atoms with E-state index in [2.05, 4.69) is 13.8 Å². The van der Waals surface area contributed by atoms with Crippen molar-refractivity contribution >= 4 is 5.69 Å². The fourth-order valence-corrected chi connectivity index (χ4v) is 2.31. The first kappa shape index (κ1) is 10.3. The van der Waals surface area contributed by atoms with Crippen LogP contribution in [0.25, 0.3) is 0 Å². The monoisotopic (exact) mass is 205 g/mol. The molecule has 0 bridgehead atoms. The van der Waals surface area contributed by atoms with E-state index in [1.54, 1.807) is 0 Å². The van der Waals surface area contributed by atoms with Gasteiger partial charge in [-0.25, -0.2) is 0 Å². The second-order valence-corrected chi connectivity index (χ2v) is 4.67. The Bertz CT molecular complexity index is 362. The molecule has 1 aromatic carbocycles. The summed E-state index contributed by atoms with van der Waals surface area (Å²) in [6.07, 6.45) is 4.46. The highest BCUT2D eigenvalue weighted by Gasteiger charge is 2.30. The summed E-state index contributed by atoms with van der Waals surface area (Å²) < 4.78 is 6.06. The molecule has 1 unspecified atom stereocenters. The minimum Gasteiger partial charge on any atom is -0.487 e. The average molecular weight is 205 g/mol. The zero-order chi connectivity index (χ0) is 10.9. The quantitative estimate of drug-likeness (QED) is 0.753. The highest BCUT2D eigenvalue weighted by molar-refractivity contribution is 5.49. The van der Waals surface area contributed by atoms with Crippen LogP contribution in [0.4, 0.5) is 5.69 Å². The molecule has 15 heavy (non-hydrogen) atoms. The van der Waals surface area contributed by atoms with Crippen molar-refractivity contribution in [2.45, 2.75) is 45.1 Å². The van der Waals surface area contributed by atoms with Crippen LogP contribution in [0, 0.1) is 0 Å². The minimum absolute atomic E-state index is 0.0257. The first-order valence-corrected chi connectivity index (χ1v) is 5.70. The van der Waals surface area contributed by atoms with Gasteiger partial charge in [-0.3, -0.25) is 0 Å². The predicted molar refractivity (Wildman–Crippen MR) is 63.1 cm³/mol. The summed E-state index contributed by atoms with van der Waals surface area (Å²) in [6.45, 7) is 4.41. The van der Waals surface area contributed by atoms with Gasteiger partial charge in [0.1, 0.15) is 11.4 Å². The first-order chi connectivity index (χ1) is 7.13. The van der Waals surface area contributed by atoms with Gasteiger partial charge in [0.15, 0.2) is 0 Å². The maximum absolute atomic E-state index is 6.06. The van der Waals surface area contributed by atoms with Crippen LogP contribution >= 0.6 is 0 Å². The Hall–Kier alpha value is -1.18. The number of nitrogens with two attached hydrogens (primary N) is 1. The summed E-state index contributed by atoms with van der Waals surface area (Å²) in [7, 11) is 0. The fourth-order valence-electron chi connectivity index (χ4n) is 2.31.